The molecule has 0 saturated carbocycles. The Bertz CT molecular complexity index is 893. The fraction of sp³-hybridized carbons (Fsp3) is 0.150. The van der Waals surface area contributed by atoms with Crippen molar-refractivity contribution in [3.8, 4) is 11.3 Å². The van der Waals surface area contributed by atoms with Crippen LogP contribution in [-0.4, -0.2) is 21.7 Å². The van der Waals surface area contributed by atoms with Crippen LogP contribution in [-0.2, 0) is 0 Å². The number of rotatable bonds is 5. The topological polar surface area (TPSA) is 42.9 Å². The van der Waals surface area contributed by atoms with Gasteiger partial charge in [0, 0.05) is 11.1 Å². The molecule has 0 unspecified atom stereocenters. The molecule has 0 amide bonds. The molecule has 0 fully saturated rings. The zero-order valence-corrected chi connectivity index (χ0v) is 14.8. The molecule has 1 aromatic heterocycles. The van der Waals surface area contributed by atoms with Crippen LogP contribution < -0.4 is 0 Å². The van der Waals surface area contributed by atoms with Crippen molar-refractivity contribution in [2.75, 3.05) is 5.75 Å². The minimum Gasteiger partial charge on any atom is -0.293 e. The summed E-state index contributed by atoms with van der Waals surface area (Å²) in [4.78, 5) is 12.1. The van der Waals surface area contributed by atoms with Crippen molar-refractivity contribution < 1.29 is 9.18 Å². The van der Waals surface area contributed by atoms with Gasteiger partial charge in [-0.15, -0.1) is 10.2 Å². The van der Waals surface area contributed by atoms with Gasteiger partial charge in [-0.05, 0) is 55.8 Å². The third-order valence-electron chi connectivity index (χ3n) is 3.82. The Morgan fingerprint density at radius 3 is 2.40 bits per heavy atom. The lowest BCUT2D eigenvalue weighted by Crippen LogP contribution is -2.03. The van der Waals surface area contributed by atoms with Crippen molar-refractivity contribution in [1.29, 1.82) is 0 Å². The molecule has 25 heavy (non-hydrogen) atoms. The second-order valence-electron chi connectivity index (χ2n) is 5.79. The van der Waals surface area contributed by atoms with E-state index < -0.39 is 0 Å². The molecule has 0 bridgehead atoms. The number of Topliss-reactive ketones (excluding diaryl/α,β-unsaturated/α-hetero) is 1. The molecule has 126 valence electrons. The van der Waals surface area contributed by atoms with Gasteiger partial charge in [0.25, 0.3) is 0 Å². The van der Waals surface area contributed by atoms with Crippen LogP contribution >= 0.6 is 11.8 Å². The Morgan fingerprint density at radius 1 is 1.00 bits per heavy atom. The molecule has 1 heterocycles. The van der Waals surface area contributed by atoms with E-state index in [0.717, 1.165) is 16.8 Å². The van der Waals surface area contributed by atoms with Crippen LogP contribution in [0.2, 0.25) is 0 Å². The van der Waals surface area contributed by atoms with Gasteiger partial charge in [0.1, 0.15) is 10.8 Å². The van der Waals surface area contributed by atoms with Gasteiger partial charge in [-0.2, -0.15) is 0 Å². The SMILES string of the molecule is Cc1ccc(-c2ccc(SCC(=O)c3ccc(F)cc3)nn2)c(C)c1. The number of carbonyl (C=O) groups excluding carboxylic acids is 1. The number of nitrogens with zero attached hydrogens (tertiary/aromatic N) is 2. The zero-order chi connectivity index (χ0) is 17.8. The van der Waals surface area contributed by atoms with Crippen molar-refractivity contribution in [2.45, 2.75) is 18.9 Å². The summed E-state index contributed by atoms with van der Waals surface area (Å²) in [6.45, 7) is 4.11. The molecule has 5 heteroatoms. The van der Waals surface area contributed by atoms with Gasteiger partial charge in [-0.3, -0.25) is 4.79 Å². The van der Waals surface area contributed by atoms with Crippen LogP contribution in [0.15, 0.2) is 59.6 Å². The van der Waals surface area contributed by atoms with Gasteiger partial charge in [-0.1, -0.05) is 35.5 Å². The molecule has 0 N–H and O–H groups in total. The Labute approximate surface area is 150 Å². The predicted molar refractivity (Wildman–Crippen MR) is 98.4 cm³/mol. The second kappa shape index (κ2) is 7.57. The third-order valence-corrected chi connectivity index (χ3v) is 4.74. The van der Waals surface area contributed by atoms with E-state index >= 15 is 0 Å². The lowest BCUT2D eigenvalue weighted by atomic mass is 10.0. The predicted octanol–water partition coefficient (Wildman–Crippen LogP) is 4.87. The van der Waals surface area contributed by atoms with Crippen LogP contribution in [0.3, 0.4) is 0 Å². The summed E-state index contributed by atoms with van der Waals surface area (Å²) < 4.78 is 12.9. The molecule has 0 aliphatic rings. The zero-order valence-electron chi connectivity index (χ0n) is 14.0. The first kappa shape index (κ1) is 17.3. The van der Waals surface area contributed by atoms with E-state index in [2.05, 4.69) is 23.2 Å². The van der Waals surface area contributed by atoms with Crippen LogP contribution in [0.1, 0.15) is 21.5 Å². The molecule has 0 aliphatic heterocycles. The molecule has 3 aromatic rings. The highest BCUT2D eigenvalue weighted by molar-refractivity contribution is 7.99. The number of hydrogen-bond acceptors (Lipinski definition) is 4. The van der Waals surface area contributed by atoms with Crippen LogP contribution in [0.25, 0.3) is 11.3 Å². The van der Waals surface area contributed by atoms with E-state index in [1.807, 2.05) is 31.2 Å². The molecule has 0 atom stereocenters. The maximum Gasteiger partial charge on any atom is 0.173 e. The van der Waals surface area contributed by atoms with E-state index in [-0.39, 0.29) is 17.4 Å². The van der Waals surface area contributed by atoms with E-state index in [1.54, 1.807) is 0 Å². The molecule has 0 aliphatic carbocycles. The summed E-state index contributed by atoms with van der Waals surface area (Å²) in [5.74, 6) is -0.175. The molecular weight excluding hydrogens is 335 g/mol. The quantitative estimate of drug-likeness (QED) is 0.485. The van der Waals surface area contributed by atoms with Gasteiger partial charge in [0.05, 0.1) is 11.4 Å². The van der Waals surface area contributed by atoms with Gasteiger partial charge in [-0.25, -0.2) is 4.39 Å². The fourth-order valence-corrected chi connectivity index (χ4v) is 3.21. The lowest BCUT2D eigenvalue weighted by Gasteiger charge is -2.06. The minimum atomic E-state index is -0.350. The number of halogens is 1. The van der Waals surface area contributed by atoms with E-state index in [9.17, 15) is 9.18 Å². The standard InChI is InChI=1S/C20H17FN2OS/c1-13-3-8-17(14(2)11-13)18-9-10-20(23-22-18)25-12-19(24)15-4-6-16(21)7-5-15/h3-11H,12H2,1-2H3. The molecule has 3 nitrogen and oxygen atoms in total. The summed E-state index contributed by atoms with van der Waals surface area (Å²) >= 11 is 1.32. The van der Waals surface area contributed by atoms with E-state index in [1.165, 1.54) is 41.6 Å². The van der Waals surface area contributed by atoms with Crippen molar-refractivity contribution in [2.24, 2.45) is 0 Å². The van der Waals surface area contributed by atoms with Gasteiger partial charge in [0.15, 0.2) is 5.78 Å². The summed E-state index contributed by atoms with van der Waals surface area (Å²) in [7, 11) is 0. The summed E-state index contributed by atoms with van der Waals surface area (Å²) in [5.41, 5.74) is 4.72. The summed E-state index contributed by atoms with van der Waals surface area (Å²) in [6, 6.07) is 15.5. The second-order valence-corrected chi connectivity index (χ2v) is 6.79. The average Bonchev–Trinajstić information content (AvgIpc) is 2.61. The minimum absolute atomic E-state index is 0.0646. The van der Waals surface area contributed by atoms with Gasteiger partial charge in [0.2, 0.25) is 0 Å². The number of carbonyl (C=O) groups is 1. The first-order valence-corrected chi connectivity index (χ1v) is 8.84. The number of aryl methyl sites for hydroxylation is 2. The Kier molecular flexibility index (Phi) is 5.24. The first-order chi connectivity index (χ1) is 12.0. The maximum atomic E-state index is 12.9. The fourth-order valence-electron chi connectivity index (χ4n) is 2.50. The molecule has 3 rings (SSSR count). The Balaban J connectivity index is 1.66. The first-order valence-electron chi connectivity index (χ1n) is 7.86. The van der Waals surface area contributed by atoms with E-state index in [4.69, 9.17) is 0 Å². The summed E-state index contributed by atoms with van der Waals surface area (Å²) in [6.07, 6.45) is 0. The highest BCUT2D eigenvalue weighted by atomic mass is 32.2. The number of benzene rings is 2. The van der Waals surface area contributed by atoms with Crippen molar-refractivity contribution in [1.82, 2.24) is 10.2 Å². The van der Waals surface area contributed by atoms with Crippen LogP contribution in [0.5, 0.6) is 0 Å². The monoisotopic (exact) mass is 352 g/mol. The molecule has 0 radical (unpaired) electrons. The Morgan fingerprint density at radius 2 is 1.76 bits per heavy atom. The maximum absolute atomic E-state index is 12.9. The van der Waals surface area contributed by atoms with Crippen LogP contribution in [0.4, 0.5) is 4.39 Å². The molecular formula is C20H17FN2OS. The lowest BCUT2D eigenvalue weighted by molar-refractivity contribution is 0.102. The highest BCUT2D eigenvalue weighted by Gasteiger charge is 2.09. The highest BCUT2D eigenvalue weighted by Crippen LogP contribution is 2.24. The third kappa shape index (κ3) is 4.31. The number of ketones is 1. The van der Waals surface area contributed by atoms with Crippen molar-refractivity contribution >= 4 is 17.5 Å². The number of thioether (sulfide) groups is 1. The number of aromatic nitrogens is 2. The Hall–Kier alpha value is -2.53. The van der Waals surface area contributed by atoms with Crippen LogP contribution in [0, 0.1) is 19.7 Å². The molecule has 0 saturated heterocycles. The average molecular weight is 352 g/mol. The van der Waals surface area contributed by atoms with Crippen molar-refractivity contribution in [3.63, 3.8) is 0 Å². The van der Waals surface area contributed by atoms with Gasteiger partial charge >= 0.3 is 0 Å². The van der Waals surface area contributed by atoms with E-state index in [0.29, 0.717) is 10.6 Å². The number of hydrogen-bond donors (Lipinski definition) is 0. The van der Waals surface area contributed by atoms with Gasteiger partial charge < -0.3 is 0 Å². The molecule has 0 spiro atoms. The molecule has 2 aromatic carbocycles. The summed E-state index contributed by atoms with van der Waals surface area (Å²) in [5, 5.41) is 9.15. The smallest absolute Gasteiger partial charge is 0.173 e. The largest absolute Gasteiger partial charge is 0.293 e. The normalized spacial score (nSPS) is 10.7. The van der Waals surface area contributed by atoms with Crippen molar-refractivity contribution in [3.05, 3.63) is 77.1 Å².